The molecule has 2 aromatic rings. The van der Waals surface area contributed by atoms with Crippen LogP contribution in [0.2, 0.25) is 0 Å². The smallest absolute Gasteiger partial charge is 0.279 e. The summed E-state index contributed by atoms with van der Waals surface area (Å²) in [5, 5.41) is 3.00. The summed E-state index contributed by atoms with van der Waals surface area (Å²) in [6.45, 7) is 5.13. The molecule has 0 aliphatic carbocycles. The molecule has 5 heteroatoms. The molecule has 2 rings (SSSR count). The van der Waals surface area contributed by atoms with Crippen LogP contribution in [0, 0.1) is 13.8 Å². The van der Waals surface area contributed by atoms with E-state index < -0.39 is 0 Å². The molecule has 1 amide bonds. The molecule has 0 aliphatic rings. The fourth-order valence-electron chi connectivity index (χ4n) is 2.74. The Labute approximate surface area is 149 Å². The lowest BCUT2D eigenvalue weighted by atomic mass is 10.1. The third-order valence-corrected chi connectivity index (χ3v) is 4.08. The van der Waals surface area contributed by atoms with Gasteiger partial charge in [-0.1, -0.05) is 12.1 Å². The molecule has 0 aromatic heterocycles. The highest BCUT2D eigenvalue weighted by Gasteiger charge is 2.13. The maximum absolute atomic E-state index is 12.3. The van der Waals surface area contributed by atoms with Crippen LogP contribution in [0.25, 0.3) is 0 Å². The first-order chi connectivity index (χ1) is 11.9. The first-order valence-corrected chi connectivity index (χ1v) is 8.32. The zero-order valence-electron chi connectivity index (χ0n) is 15.6. The van der Waals surface area contributed by atoms with Crippen molar-refractivity contribution in [2.75, 3.05) is 33.1 Å². The normalized spacial score (nSPS) is 11.7. The van der Waals surface area contributed by atoms with Gasteiger partial charge >= 0.3 is 0 Å². The minimum atomic E-state index is 0.00618. The van der Waals surface area contributed by atoms with Crippen LogP contribution >= 0.6 is 0 Å². The Morgan fingerprint density at radius 2 is 1.76 bits per heavy atom. The molecule has 25 heavy (non-hydrogen) atoms. The van der Waals surface area contributed by atoms with Crippen molar-refractivity contribution in [3.05, 3.63) is 53.1 Å². The van der Waals surface area contributed by atoms with Crippen molar-refractivity contribution in [1.29, 1.82) is 0 Å². The molecule has 134 valence electrons. The first kappa shape index (κ1) is 18.8. The van der Waals surface area contributed by atoms with Gasteiger partial charge in [-0.2, -0.15) is 0 Å². The standard InChI is InChI=1S/C20H26N2O3/c1-14-6-7-15(2)17(10-14)21-20(23)13-22(3)12-16-8-9-18(24-4)19(11-16)25-5/h6-11H,12-13H2,1-5H3,(H,21,23)/p+1. The lowest BCUT2D eigenvalue weighted by Crippen LogP contribution is -3.08. The van der Waals surface area contributed by atoms with Gasteiger partial charge in [-0.25, -0.2) is 0 Å². The molecule has 2 N–H and O–H groups in total. The number of anilines is 1. The largest absolute Gasteiger partial charge is 0.493 e. The second-order valence-electron chi connectivity index (χ2n) is 6.37. The summed E-state index contributed by atoms with van der Waals surface area (Å²) >= 11 is 0. The summed E-state index contributed by atoms with van der Waals surface area (Å²) in [5.41, 5.74) is 4.17. The third-order valence-electron chi connectivity index (χ3n) is 4.08. The molecule has 0 bridgehead atoms. The second kappa shape index (κ2) is 8.53. The van der Waals surface area contributed by atoms with Crippen molar-refractivity contribution in [2.45, 2.75) is 20.4 Å². The summed E-state index contributed by atoms with van der Waals surface area (Å²) in [4.78, 5) is 13.4. The van der Waals surface area contributed by atoms with Crippen LogP contribution in [-0.4, -0.2) is 33.7 Å². The minimum absolute atomic E-state index is 0.00618. The van der Waals surface area contributed by atoms with Crippen LogP contribution in [-0.2, 0) is 11.3 Å². The third kappa shape index (κ3) is 5.22. The van der Waals surface area contributed by atoms with Gasteiger partial charge in [0.1, 0.15) is 6.54 Å². The highest BCUT2D eigenvalue weighted by molar-refractivity contribution is 5.92. The zero-order chi connectivity index (χ0) is 18.4. The Hall–Kier alpha value is -2.53. The molecule has 0 radical (unpaired) electrons. The summed E-state index contributed by atoms with van der Waals surface area (Å²) in [7, 11) is 5.24. The Morgan fingerprint density at radius 1 is 1.04 bits per heavy atom. The van der Waals surface area contributed by atoms with Crippen molar-refractivity contribution >= 4 is 11.6 Å². The zero-order valence-corrected chi connectivity index (χ0v) is 15.6. The quantitative estimate of drug-likeness (QED) is 0.808. The number of ether oxygens (including phenoxy) is 2. The van der Waals surface area contributed by atoms with E-state index >= 15 is 0 Å². The van der Waals surface area contributed by atoms with Gasteiger partial charge in [0, 0.05) is 11.3 Å². The van der Waals surface area contributed by atoms with Gasteiger partial charge in [0.2, 0.25) is 0 Å². The van der Waals surface area contributed by atoms with Crippen molar-refractivity contribution in [3.8, 4) is 11.5 Å². The van der Waals surface area contributed by atoms with Gasteiger partial charge in [-0.3, -0.25) is 4.79 Å². The van der Waals surface area contributed by atoms with E-state index in [1.165, 1.54) is 0 Å². The molecule has 0 saturated heterocycles. The number of carbonyl (C=O) groups excluding carboxylic acids is 1. The molecular weight excluding hydrogens is 316 g/mol. The van der Waals surface area contributed by atoms with Crippen molar-refractivity contribution in [3.63, 3.8) is 0 Å². The van der Waals surface area contributed by atoms with E-state index in [0.29, 0.717) is 18.0 Å². The SMILES string of the molecule is COc1ccc(C[NH+](C)CC(=O)Nc2cc(C)ccc2C)cc1OC. The second-order valence-corrected chi connectivity index (χ2v) is 6.37. The van der Waals surface area contributed by atoms with E-state index in [1.807, 2.05) is 57.3 Å². The van der Waals surface area contributed by atoms with Gasteiger partial charge in [0.25, 0.3) is 5.91 Å². The first-order valence-electron chi connectivity index (χ1n) is 8.32. The van der Waals surface area contributed by atoms with E-state index in [-0.39, 0.29) is 5.91 Å². The number of aryl methyl sites for hydroxylation is 2. The minimum Gasteiger partial charge on any atom is -0.493 e. The molecule has 0 fully saturated rings. The van der Waals surface area contributed by atoms with Gasteiger partial charge in [-0.15, -0.1) is 0 Å². The summed E-state index contributed by atoms with van der Waals surface area (Å²) in [6, 6.07) is 11.9. The highest BCUT2D eigenvalue weighted by Crippen LogP contribution is 2.27. The summed E-state index contributed by atoms with van der Waals surface area (Å²) in [6.07, 6.45) is 0. The summed E-state index contributed by atoms with van der Waals surface area (Å²) in [5.74, 6) is 1.41. The number of benzene rings is 2. The van der Waals surface area contributed by atoms with E-state index in [1.54, 1.807) is 14.2 Å². The number of rotatable bonds is 7. The van der Waals surface area contributed by atoms with Crippen molar-refractivity contribution < 1.29 is 19.2 Å². The van der Waals surface area contributed by atoms with Crippen LogP contribution in [0.3, 0.4) is 0 Å². The number of methoxy groups -OCH3 is 2. The van der Waals surface area contributed by atoms with Crippen LogP contribution in [0.1, 0.15) is 16.7 Å². The molecule has 0 aliphatic heterocycles. The van der Waals surface area contributed by atoms with Gasteiger partial charge in [-0.05, 0) is 49.2 Å². The van der Waals surface area contributed by atoms with Gasteiger partial charge < -0.3 is 19.7 Å². The van der Waals surface area contributed by atoms with Crippen LogP contribution in [0.15, 0.2) is 36.4 Å². The molecule has 0 saturated carbocycles. The Balaban J connectivity index is 1.96. The van der Waals surface area contributed by atoms with E-state index in [9.17, 15) is 4.79 Å². The van der Waals surface area contributed by atoms with Crippen molar-refractivity contribution in [1.82, 2.24) is 0 Å². The lowest BCUT2D eigenvalue weighted by molar-refractivity contribution is -0.885. The van der Waals surface area contributed by atoms with Crippen LogP contribution in [0.5, 0.6) is 11.5 Å². The van der Waals surface area contributed by atoms with E-state index in [0.717, 1.165) is 33.8 Å². The molecule has 2 aromatic carbocycles. The number of hydrogen-bond acceptors (Lipinski definition) is 3. The Morgan fingerprint density at radius 3 is 2.44 bits per heavy atom. The van der Waals surface area contributed by atoms with Crippen LogP contribution < -0.4 is 19.7 Å². The van der Waals surface area contributed by atoms with Gasteiger partial charge in [0.05, 0.1) is 21.3 Å². The number of amides is 1. The average Bonchev–Trinajstić information content (AvgIpc) is 2.57. The van der Waals surface area contributed by atoms with E-state index in [4.69, 9.17) is 9.47 Å². The number of carbonyl (C=O) groups is 1. The van der Waals surface area contributed by atoms with Crippen LogP contribution in [0.4, 0.5) is 5.69 Å². The number of quaternary nitrogens is 1. The number of likely N-dealkylation sites (N-methyl/N-ethyl adjacent to an activating group) is 1. The molecule has 1 atom stereocenters. The highest BCUT2D eigenvalue weighted by atomic mass is 16.5. The Kier molecular flexibility index (Phi) is 6.42. The Bertz CT molecular complexity index is 744. The van der Waals surface area contributed by atoms with Gasteiger partial charge in [0.15, 0.2) is 18.0 Å². The molecule has 1 unspecified atom stereocenters. The molecule has 0 heterocycles. The molecule has 0 spiro atoms. The molecular formula is C20H27N2O3+. The van der Waals surface area contributed by atoms with Crippen molar-refractivity contribution in [2.24, 2.45) is 0 Å². The molecule has 5 nitrogen and oxygen atoms in total. The number of nitrogens with one attached hydrogen (secondary N) is 2. The topological polar surface area (TPSA) is 52.0 Å². The lowest BCUT2D eigenvalue weighted by Gasteiger charge is -2.16. The predicted octanol–water partition coefficient (Wildman–Crippen LogP) is 1.97. The average molecular weight is 343 g/mol. The maximum atomic E-state index is 12.3. The fourth-order valence-corrected chi connectivity index (χ4v) is 2.74. The monoisotopic (exact) mass is 343 g/mol. The fraction of sp³-hybridized carbons (Fsp3) is 0.350. The summed E-state index contributed by atoms with van der Waals surface area (Å²) < 4.78 is 10.6. The maximum Gasteiger partial charge on any atom is 0.279 e. The van der Waals surface area contributed by atoms with E-state index in [2.05, 4.69) is 5.32 Å². The number of hydrogen-bond donors (Lipinski definition) is 2. The predicted molar refractivity (Wildman–Crippen MR) is 99.5 cm³/mol.